The molecule has 2 aromatic carbocycles. The normalized spacial score (nSPS) is 15.5. The zero-order valence-corrected chi connectivity index (χ0v) is 26.6. The molecule has 5 aromatic rings. The molecule has 1 saturated heterocycles. The molecule has 0 unspecified atom stereocenters. The second-order valence-electron chi connectivity index (χ2n) is 11.2. The molecule has 0 N–H and O–H groups in total. The van der Waals surface area contributed by atoms with Crippen LogP contribution in [0.25, 0.3) is 33.8 Å². The third kappa shape index (κ3) is 5.64. The molecule has 1 aliphatic heterocycles. The van der Waals surface area contributed by atoms with Gasteiger partial charge in [0.15, 0.2) is 11.5 Å². The van der Waals surface area contributed by atoms with Gasteiger partial charge in [0.2, 0.25) is 23.0 Å². The van der Waals surface area contributed by atoms with Crippen molar-refractivity contribution in [2.45, 2.75) is 29.9 Å². The molecule has 2 aliphatic rings. The predicted octanol–water partition coefficient (Wildman–Crippen LogP) is 4.65. The van der Waals surface area contributed by atoms with E-state index in [0.717, 1.165) is 39.0 Å². The Labute approximate surface area is 267 Å². The molecule has 1 aliphatic carbocycles. The lowest BCUT2D eigenvalue weighted by atomic mass is 10.1. The minimum absolute atomic E-state index is 0.0657. The maximum atomic E-state index is 15.5. The standard InChI is InChI=1S/C31H32FN7O6S/c1-37-7-9-38(10-8-37)23-14-22-19(13-21(23)32)27(40)20(15-39(22)18-5-6-18)30-35-36-31(45-30)46-16-26-33-34-29(44-26)17-11-24(41-2)28(43-4)25(12-17)42-3/h11-15,18H,5-10,16H2,1-4H3. The van der Waals surface area contributed by atoms with Crippen LogP contribution >= 0.6 is 11.8 Å². The summed E-state index contributed by atoms with van der Waals surface area (Å²) in [5, 5.41) is 17.1. The van der Waals surface area contributed by atoms with Crippen LogP contribution in [0.3, 0.4) is 0 Å². The van der Waals surface area contributed by atoms with Crippen molar-refractivity contribution in [3.05, 3.63) is 52.4 Å². The van der Waals surface area contributed by atoms with Crippen LogP contribution in [0.15, 0.2) is 49.3 Å². The van der Waals surface area contributed by atoms with Crippen molar-refractivity contribution in [1.29, 1.82) is 0 Å². The summed E-state index contributed by atoms with van der Waals surface area (Å²) in [7, 11) is 6.64. The van der Waals surface area contributed by atoms with Crippen LogP contribution in [0.4, 0.5) is 10.1 Å². The third-order valence-electron chi connectivity index (χ3n) is 8.22. The number of hydrogen-bond donors (Lipinski definition) is 0. The SMILES string of the molecule is COc1cc(-c2nnc(CSc3nnc(-c4cn(C5CC5)c5cc(N6CCN(C)CC6)c(F)cc5c4=O)o3)o2)cc(OC)c1OC. The van der Waals surface area contributed by atoms with E-state index < -0.39 is 5.82 Å². The summed E-state index contributed by atoms with van der Waals surface area (Å²) in [6.07, 6.45) is 3.72. The number of benzene rings is 2. The van der Waals surface area contributed by atoms with Crippen molar-refractivity contribution in [2.24, 2.45) is 0 Å². The number of ether oxygens (including phenoxy) is 3. The Morgan fingerprint density at radius 2 is 1.63 bits per heavy atom. The summed E-state index contributed by atoms with van der Waals surface area (Å²) >= 11 is 1.19. The first-order valence-electron chi connectivity index (χ1n) is 14.8. The number of hydrogen-bond acceptors (Lipinski definition) is 13. The van der Waals surface area contributed by atoms with Crippen molar-refractivity contribution in [2.75, 3.05) is 59.5 Å². The molecule has 4 heterocycles. The topological polar surface area (TPSA) is 134 Å². The zero-order valence-electron chi connectivity index (χ0n) is 25.8. The van der Waals surface area contributed by atoms with E-state index in [1.165, 1.54) is 39.2 Å². The van der Waals surface area contributed by atoms with Crippen molar-refractivity contribution < 1.29 is 27.4 Å². The van der Waals surface area contributed by atoms with Crippen molar-refractivity contribution in [3.63, 3.8) is 0 Å². The van der Waals surface area contributed by atoms with Crippen LogP contribution in [-0.4, -0.2) is 84.4 Å². The summed E-state index contributed by atoms with van der Waals surface area (Å²) in [4.78, 5) is 17.9. The van der Waals surface area contributed by atoms with Gasteiger partial charge in [-0.2, -0.15) is 0 Å². The Kier molecular flexibility index (Phi) is 8.02. The minimum atomic E-state index is -0.416. The van der Waals surface area contributed by atoms with E-state index in [1.807, 2.05) is 15.5 Å². The molecule has 0 bridgehead atoms. The highest BCUT2D eigenvalue weighted by atomic mass is 32.2. The number of rotatable bonds is 10. The molecule has 2 fully saturated rings. The number of aromatic nitrogens is 5. The Balaban J connectivity index is 1.12. The van der Waals surface area contributed by atoms with Gasteiger partial charge in [-0.3, -0.25) is 4.79 Å². The van der Waals surface area contributed by atoms with E-state index in [0.29, 0.717) is 39.9 Å². The van der Waals surface area contributed by atoms with Gasteiger partial charge in [-0.15, -0.1) is 20.4 Å². The lowest BCUT2D eigenvalue weighted by Crippen LogP contribution is -2.44. The lowest BCUT2D eigenvalue weighted by Gasteiger charge is -2.34. The number of anilines is 1. The van der Waals surface area contributed by atoms with Crippen molar-refractivity contribution >= 4 is 28.4 Å². The fraction of sp³-hybridized carbons (Fsp3) is 0.387. The van der Waals surface area contributed by atoms with Gasteiger partial charge in [-0.1, -0.05) is 11.8 Å². The molecule has 46 heavy (non-hydrogen) atoms. The molecule has 1 saturated carbocycles. The molecule has 240 valence electrons. The number of nitrogens with zero attached hydrogens (tertiary/aromatic N) is 7. The largest absolute Gasteiger partial charge is 0.493 e. The Morgan fingerprint density at radius 3 is 2.30 bits per heavy atom. The summed E-state index contributed by atoms with van der Waals surface area (Å²) in [6, 6.07) is 6.81. The third-order valence-corrected chi connectivity index (χ3v) is 9.02. The molecule has 0 spiro atoms. The van der Waals surface area contributed by atoms with Crippen LogP contribution in [-0.2, 0) is 5.75 Å². The molecule has 15 heteroatoms. The molecule has 13 nitrogen and oxygen atoms in total. The minimum Gasteiger partial charge on any atom is -0.493 e. The smallest absolute Gasteiger partial charge is 0.277 e. The van der Waals surface area contributed by atoms with E-state index in [2.05, 4.69) is 32.3 Å². The van der Waals surface area contributed by atoms with Gasteiger partial charge in [0.1, 0.15) is 11.4 Å². The van der Waals surface area contributed by atoms with Gasteiger partial charge in [-0.05, 0) is 44.2 Å². The number of piperazine rings is 1. The Hall–Kier alpha value is -4.63. The van der Waals surface area contributed by atoms with Crippen LogP contribution in [0.2, 0.25) is 0 Å². The summed E-state index contributed by atoms with van der Waals surface area (Å²) in [5.41, 5.74) is 1.69. The number of thioether (sulfide) groups is 1. The highest BCUT2D eigenvalue weighted by Crippen LogP contribution is 2.41. The number of fused-ring (bicyclic) bond motifs is 1. The van der Waals surface area contributed by atoms with E-state index in [1.54, 1.807) is 18.3 Å². The summed E-state index contributed by atoms with van der Waals surface area (Å²) in [6.45, 7) is 3.15. The second kappa shape index (κ2) is 12.3. The average molecular weight is 650 g/mol. The van der Waals surface area contributed by atoms with E-state index in [9.17, 15) is 4.79 Å². The fourth-order valence-electron chi connectivity index (χ4n) is 5.59. The highest BCUT2D eigenvalue weighted by Gasteiger charge is 2.29. The highest BCUT2D eigenvalue weighted by molar-refractivity contribution is 7.98. The van der Waals surface area contributed by atoms with Crippen LogP contribution < -0.4 is 24.5 Å². The van der Waals surface area contributed by atoms with Crippen molar-refractivity contribution in [1.82, 2.24) is 29.9 Å². The van der Waals surface area contributed by atoms with Gasteiger partial charge in [-0.25, -0.2) is 4.39 Å². The van der Waals surface area contributed by atoms with Crippen LogP contribution in [0, 0.1) is 5.82 Å². The maximum Gasteiger partial charge on any atom is 0.277 e. The number of pyridine rings is 1. The van der Waals surface area contributed by atoms with Gasteiger partial charge in [0.05, 0.1) is 38.3 Å². The van der Waals surface area contributed by atoms with Crippen molar-refractivity contribution in [3.8, 4) is 40.2 Å². The van der Waals surface area contributed by atoms with Crippen LogP contribution in [0.5, 0.6) is 17.2 Å². The predicted molar refractivity (Wildman–Crippen MR) is 168 cm³/mol. The Morgan fingerprint density at radius 1 is 0.913 bits per heavy atom. The van der Waals surface area contributed by atoms with E-state index in [4.69, 9.17) is 23.0 Å². The fourth-order valence-corrected chi connectivity index (χ4v) is 6.19. The molecular formula is C31H32FN7O6S. The summed E-state index contributed by atoms with van der Waals surface area (Å²) in [5.74, 6) is 1.84. The van der Waals surface area contributed by atoms with Crippen LogP contribution in [0.1, 0.15) is 24.8 Å². The van der Waals surface area contributed by atoms with Gasteiger partial charge < -0.3 is 37.4 Å². The first-order chi connectivity index (χ1) is 22.4. The molecule has 3 aromatic heterocycles. The van der Waals surface area contributed by atoms with Gasteiger partial charge >= 0.3 is 0 Å². The Bertz CT molecular complexity index is 1940. The first-order valence-corrected chi connectivity index (χ1v) is 15.8. The zero-order chi connectivity index (χ0) is 31.9. The van der Waals surface area contributed by atoms with Gasteiger partial charge in [0.25, 0.3) is 11.1 Å². The first kappa shape index (κ1) is 30.0. The average Bonchev–Trinajstić information content (AvgIpc) is 3.61. The molecule has 0 amide bonds. The molecule has 7 rings (SSSR count). The monoisotopic (exact) mass is 649 g/mol. The molecular weight excluding hydrogens is 617 g/mol. The second-order valence-corrected chi connectivity index (χ2v) is 12.1. The lowest BCUT2D eigenvalue weighted by molar-refractivity contribution is 0.312. The maximum absolute atomic E-state index is 15.5. The number of methoxy groups -OCH3 is 3. The quantitative estimate of drug-likeness (QED) is 0.195. The number of halogens is 1. The molecule has 0 atom stereocenters. The summed E-state index contributed by atoms with van der Waals surface area (Å²) < 4.78 is 45.5. The van der Waals surface area contributed by atoms with E-state index >= 15 is 4.39 Å². The van der Waals surface area contributed by atoms with Gasteiger partial charge in [0, 0.05) is 49.4 Å². The molecule has 0 radical (unpaired) electrons. The van der Waals surface area contributed by atoms with E-state index in [-0.39, 0.29) is 45.2 Å². The number of likely N-dealkylation sites (N-methyl/N-ethyl adjacent to an activating group) is 1.